The van der Waals surface area contributed by atoms with Crippen molar-refractivity contribution < 1.29 is 24.4 Å². The number of rotatable bonds is 3. The Kier molecular flexibility index (Phi) is 10.3. The van der Waals surface area contributed by atoms with Crippen LogP contribution >= 0.6 is 0 Å². The van der Waals surface area contributed by atoms with E-state index in [0.29, 0.717) is 11.2 Å². The van der Waals surface area contributed by atoms with Crippen molar-refractivity contribution in [1.29, 1.82) is 0 Å². The van der Waals surface area contributed by atoms with Crippen LogP contribution in [0.15, 0.2) is 66.7 Å². The Balaban J connectivity index is 0.00000532. The van der Waals surface area contributed by atoms with Gasteiger partial charge in [-0.15, -0.1) is 16.6 Å². The molecule has 0 radical (unpaired) electrons. The molecule has 0 N–H and O–H groups in total. The van der Waals surface area contributed by atoms with Gasteiger partial charge in [0.1, 0.15) is 5.69 Å². The Hall–Kier alpha value is -4.94. The molecule has 8 heteroatoms. The quantitative estimate of drug-likeness (QED) is 0.100. The summed E-state index contributed by atoms with van der Waals surface area (Å²) in [6, 6.07) is 23.0. The summed E-state index contributed by atoms with van der Waals surface area (Å²) in [6.45, 7) is 26.5. The normalized spacial score (nSPS) is 13.2. The van der Waals surface area contributed by atoms with Gasteiger partial charge in [-0.1, -0.05) is 155 Å². The summed E-state index contributed by atoms with van der Waals surface area (Å²) in [5.74, 6) is 0. The first kappa shape index (κ1) is 40.7. The first-order chi connectivity index (χ1) is 25.6. The van der Waals surface area contributed by atoms with Gasteiger partial charge in [0.25, 0.3) is 5.69 Å². The number of nitro groups is 1. The molecule has 2 aliphatic heterocycles. The van der Waals surface area contributed by atoms with Crippen LogP contribution in [0.4, 0.5) is 5.69 Å². The minimum absolute atomic E-state index is 0. The van der Waals surface area contributed by atoms with E-state index in [1.165, 1.54) is 22.3 Å². The van der Waals surface area contributed by atoms with Crippen molar-refractivity contribution in [3.05, 3.63) is 122 Å². The molecule has 0 aliphatic carbocycles. The number of hydrogen-bond acceptors (Lipinski definition) is 4. The van der Waals surface area contributed by atoms with E-state index >= 15 is 0 Å². The van der Waals surface area contributed by atoms with Gasteiger partial charge in [-0.05, 0) is 90.5 Å². The molecule has 0 saturated heterocycles. The zero-order valence-electron chi connectivity index (χ0n) is 34.9. The van der Waals surface area contributed by atoms with Crippen molar-refractivity contribution in [3.63, 3.8) is 0 Å². The van der Waals surface area contributed by atoms with Crippen LogP contribution in [-0.2, 0) is 41.1 Å². The molecule has 0 atom stereocenters. The maximum atomic E-state index is 13.0. The molecule has 0 fully saturated rings. The molecule has 56 heavy (non-hydrogen) atoms. The van der Waals surface area contributed by atoms with Gasteiger partial charge >= 0.3 is 19.5 Å². The van der Waals surface area contributed by atoms with Crippen LogP contribution in [0.1, 0.15) is 128 Å². The number of aromatic nitrogens is 4. The monoisotopic (exact) mass is 793 g/mol. The van der Waals surface area contributed by atoms with Gasteiger partial charge in [0.05, 0.1) is 22.0 Å². The maximum Gasteiger partial charge on any atom is 2.00 e. The molecule has 0 spiro atoms. The molecule has 2 aromatic carbocycles. The SMILES string of the molecule is CC(C)(C)c1cc(-c2c3nc(c([N+](=O)[O-])c4ccc([n-]4)c(-c4cc(C(C)(C)C)cc(C(C)(C)C)c4)c4nc(cc5ccc2[n-]5)C=C4)C=C3)cc(C(C)(C)C)c1.[Zn+2]. The van der Waals surface area contributed by atoms with Gasteiger partial charge in [-0.25, -0.2) is 9.97 Å². The molecule has 7 nitrogen and oxygen atoms in total. The molecule has 282 valence electrons. The van der Waals surface area contributed by atoms with Crippen molar-refractivity contribution in [1.82, 2.24) is 19.9 Å². The van der Waals surface area contributed by atoms with Crippen LogP contribution in [0.5, 0.6) is 0 Å². The molecule has 0 saturated carbocycles. The van der Waals surface area contributed by atoms with Gasteiger partial charge in [0.2, 0.25) is 0 Å². The standard InChI is InChI=1S/C48H51N5O2.Zn/c1-45(2,3)30-21-28(22-31(25-30)46(4,5)6)42-36-15-13-34(49-36)27-35-14-16-37(50-35)43(29-23-32(47(7,8)9)26-33(24-29)48(10,11)12)39-18-20-41(52-39)44(53(54)55)40-19-17-38(42)51-40;/h13-27H,1-12H3;/q-2;+2. The second-order valence-corrected chi connectivity index (χ2v) is 19.0. The fraction of sp³-hybridized carbons (Fsp3) is 0.333. The number of nitrogens with zero attached hydrogens (tertiary/aromatic N) is 5. The van der Waals surface area contributed by atoms with Gasteiger partial charge in [0.15, 0.2) is 0 Å². The minimum Gasteiger partial charge on any atom is -0.657 e. The molecule has 0 unspecified atom stereocenters. The van der Waals surface area contributed by atoms with E-state index < -0.39 is 0 Å². The average molecular weight is 795 g/mol. The van der Waals surface area contributed by atoms with Crippen LogP contribution in [0.25, 0.3) is 68.6 Å². The van der Waals surface area contributed by atoms with Gasteiger partial charge in [-0.3, -0.25) is 10.1 Å². The molecule has 0 amide bonds. The Morgan fingerprint density at radius 2 is 0.911 bits per heavy atom. The molecule has 3 aromatic heterocycles. The fourth-order valence-corrected chi connectivity index (χ4v) is 7.06. The topological polar surface area (TPSA) is 97.1 Å². The zero-order chi connectivity index (χ0) is 39.8. The van der Waals surface area contributed by atoms with E-state index in [-0.39, 0.29) is 63.0 Å². The Labute approximate surface area is 343 Å². The van der Waals surface area contributed by atoms with E-state index in [0.717, 1.165) is 44.7 Å². The van der Waals surface area contributed by atoms with Crippen molar-refractivity contribution in [2.45, 2.75) is 105 Å². The van der Waals surface area contributed by atoms with Crippen LogP contribution in [0.3, 0.4) is 0 Å². The summed E-state index contributed by atoms with van der Waals surface area (Å²) in [7, 11) is 0. The molecule has 2 aliphatic rings. The first-order valence-electron chi connectivity index (χ1n) is 19.1. The van der Waals surface area contributed by atoms with E-state index in [1.54, 1.807) is 12.1 Å². The summed E-state index contributed by atoms with van der Waals surface area (Å²) in [5.41, 5.74) is 12.4. The van der Waals surface area contributed by atoms with Crippen LogP contribution in [0, 0.1) is 10.1 Å². The Morgan fingerprint density at radius 3 is 1.39 bits per heavy atom. The molecule has 5 aromatic rings. The first-order valence-corrected chi connectivity index (χ1v) is 19.1. The summed E-state index contributed by atoms with van der Waals surface area (Å²) in [5, 5.41) is 13.0. The second kappa shape index (κ2) is 14.2. The summed E-state index contributed by atoms with van der Waals surface area (Å²) in [4.78, 5) is 32.9. The van der Waals surface area contributed by atoms with E-state index in [9.17, 15) is 10.1 Å². The maximum absolute atomic E-state index is 13.0. The van der Waals surface area contributed by atoms with Crippen LogP contribution in [-0.4, -0.2) is 14.9 Å². The van der Waals surface area contributed by atoms with Gasteiger partial charge in [0, 0.05) is 0 Å². The van der Waals surface area contributed by atoms with E-state index in [1.807, 2.05) is 42.5 Å². The predicted molar refractivity (Wildman–Crippen MR) is 229 cm³/mol. The molecule has 8 bridgehead atoms. The second-order valence-electron chi connectivity index (χ2n) is 19.0. The predicted octanol–water partition coefficient (Wildman–Crippen LogP) is 12.3. The summed E-state index contributed by atoms with van der Waals surface area (Å²) in [6.07, 6.45) is 7.59. The molecule has 7 rings (SSSR count). The van der Waals surface area contributed by atoms with Gasteiger partial charge in [-0.2, -0.15) is 0 Å². The third kappa shape index (κ3) is 8.00. The largest absolute Gasteiger partial charge is 2.00 e. The minimum atomic E-state index is -0.372. The third-order valence-corrected chi connectivity index (χ3v) is 10.5. The molecular weight excluding hydrogens is 744 g/mol. The van der Waals surface area contributed by atoms with E-state index in [2.05, 4.69) is 119 Å². The summed E-state index contributed by atoms with van der Waals surface area (Å²) >= 11 is 0. The third-order valence-electron chi connectivity index (χ3n) is 10.5. The van der Waals surface area contributed by atoms with Crippen molar-refractivity contribution >= 4 is 52.1 Å². The molecular formula is C48H51N5O2Zn. The van der Waals surface area contributed by atoms with Gasteiger partial charge < -0.3 is 9.97 Å². The smallest absolute Gasteiger partial charge is 0.657 e. The van der Waals surface area contributed by atoms with Crippen molar-refractivity contribution in [3.8, 4) is 22.3 Å². The van der Waals surface area contributed by atoms with Crippen LogP contribution in [0.2, 0.25) is 0 Å². The van der Waals surface area contributed by atoms with Crippen LogP contribution < -0.4 is 9.97 Å². The number of benzene rings is 2. The number of hydrogen-bond donors (Lipinski definition) is 0. The zero-order valence-corrected chi connectivity index (χ0v) is 37.9. The fourth-order valence-electron chi connectivity index (χ4n) is 7.06. The van der Waals surface area contributed by atoms with E-state index in [4.69, 9.17) is 19.9 Å². The Bertz CT molecular complexity index is 2470. The van der Waals surface area contributed by atoms with Crippen molar-refractivity contribution in [2.75, 3.05) is 0 Å². The molecule has 5 heterocycles. The van der Waals surface area contributed by atoms with Crippen molar-refractivity contribution in [2.24, 2.45) is 0 Å². The average Bonchev–Trinajstić information content (AvgIpc) is 3.90. The Morgan fingerprint density at radius 1 is 0.500 bits per heavy atom. The summed E-state index contributed by atoms with van der Waals surface area (Å²) < 4.78 is 0. The number of fused-ring (bicyclic) bond motifs is 8.